The Balaban J connectivity index is 1.06. The highest BCUT2D eigenvalue weighted by Gasteiger charge is 2.24. The van der Waals surface area contributed by atoms with E-state index >= 15 is 0 Å². The summed E-state index contributed by atoms with van der Waals surface area (Å²) in [7, 11) is 0. The quantitative estimate of drug-likeness (QED) is 0.157. The van der Waals surface area contributed by atoms with E-state index in [0.717, 1.165) is 83.9 Å². The molecule has 0 amide bonds. The molecule has 4 heterocycles. The van der Waals surface area contributed by atoms with Crippen LogP contribution >= 0.6 is 0 Å². The molecule has 0 spiro atoms. The van der Waals surface area contributed by atoms with Gasteiger partial charge in [-0.15, -0.1) is 0 Å². The van der Waals surface area contributed by atoms with Crippen LogP contribution in [0.1, 0.15) is 0 Å². The maximum absolute atomic E-state index is 5.66. The van der Waals surface area contributed by atoms with E-state index < -0.39 is 0 Å². The number of aromatic nitrogens is 4. The highest BCUT2D eigenvalue weighted by Crippen LogP contribution is 2.45. The third kappa shape index (κ3) is 6.13. The minimum Gasteiger partial charge on any atom is -0.309 e. The molecule has 0 saturated carbocycles. The standard InChI is InChI=1S/C65H42N4/c1-3-20-43(21-4-1)45-40-55(44-22-5-2-6-23-44)66-56(41-45)65-53(30-19-37-64(65)69-59-33-15-9-26-49(59)50-27-10-16-34-60(50)69)51-28-11-17-35-61(51)68-62-36-18-12-29-52(62)54-42-46(38-39-63(54)68)67-57-31-13-7-24-47(57)48-25-8-14-32-58(48)67/h1-42H. The number of hydrogen-bond acceptors (Lipinski definition) is 1. The lowest BCUT2D eigenvalue weighted by Crippen LogP contribution is -2.03. The molecular formula is C65H42N4. The van der Waals surface area contributed by atoms with E-state index in [1.54, 1.807) is 0 Å². The van der Waals surface area contributed by atoms with E-state index in [1.165, 1.54) is 43.4 Å². The van der Waals surface area contributed by atoms with Crippen LogP contribution in [0.5, 0.6) is 0 Å². The molecule has 0 aliphatic carbocycles. The Kier molecular flexibility index (Phi) is 8.86. The Bertz CT molecular complexity index is 4140. The van der Waals surface area contributed by atoms with Crippen molar-refractivity contribution in [2.75, 3.05) is 0 Å². The molecule has 4 heteroatoms. The Morgan fingerprint density at radius 2 is 0.667 bits per heavy atom. The predicted octanol–water partition coefficient (Wildman–Crippen LogP) is 17.0. The zero-order chi connectivity index (χ0) is 45.4. The van der Waals surface area contributed by atoms with E-state index in [1.807, 2.05) is 0 Å². The summed E-state index contributed by atoms with van der Waals surface area (Å²) in [4.78, 5) is 5.66. The number of benzene rings is 10. The highest BCUT2D eigenvalue weighted by atomic mass is 15.0. The summed E-state index contributed by atoms with van der Waals surface area (Å²) in [5.41, 5.74) is 18.7. The van der Waals surface area contributed by atoms with Gasteiger partial charge in [0.25, 0.3) is 0 Å². The highest BCUT2D eigenvalue weighted by molar-refractivity contribution is 6.13. The van der Waals surface area contributed by atoms with Crippen LogP contribution in [0.3, 0.4) is 0 Å². The van der Waals surface area contributed by atoms with Gasteiger partial charge in [-0.3, -0.25) is 0 Å². The van der Waals surface area contributed by atoms with Crippen molar-refractivity contribution in [3.8, 4) is 61.8 Å². The van der Waals surface area contributed by atoms with Crippen molar-refractivity contribution < 1.29 is 0 Å². The van der Waals surface area contributed by atoms with Crippen molar-refractivity contribution in [1.29, 1.82) is 0 Å². The maximum atomic E-state index is 5.66. The van der Waals surface area contributed by atoms with Crippen molar-refractivity contribution in [2.24, 2.45) is 0 Å². The normalized spacial score (nSPS) is 11.8. The van der Waals surface area contributed by atoms with Gasteiger partial charge >= 0.3 is 0 Å². The molecule has 0 N–H and O–H groups in total. The fourth-order valence-corrected chi connectivity index (χ4v) is 11.1. The van der Waals surface area contributed by atoms with E-state index in [0.29, 0.717) is 0 Å². The fourth-order valence-electron chi connectivity index (χ4n) is 11.1. The first kappa shape index (κ1) is 39.0. The minimum absolute atomic E-state index is 0.899. The summed E-state index contributed by atoms with van der Waals surface area (Å²) in [6, 6.07) is 92.3. The second kappa shape index (κ2) is 15.7. The van der Waals surface area contributed by atoms with Crippen LogP contribution in [-0.2, 0) is 0 Å². The van der Waals surface area contributed by atoms with Crippen LogP contribution in [0.25, 0.3) is 127 Å². The number of fused-ring (bicyclic) bond motifs is 9. The van der Waals surface area contributed by atoms with Crippen molar-refractivity contribution >= 4 is 65.4 Å². The first-order chi connectivity index (χ1) is 34.3. The zero-order valence-electron chi connectivity index (χ0n) is 37.5. The van der Waals surface area contributed by atoms with Crippen LogP contribution in [0, 0.1) is 0 Å². The molecule has 4 nitrogen and oxygen atoms in total. The Morgan fingerprint density at radius 3 is 1.26 bits per heavy atom. The lowest BCUT2D eigenvalue weighted by molar-refractivity contribution is 1.16. The molecule has 69 heavy (non-hydrogen) atoms. The molecule has 0 aliphatic rings. The molecule has 4 aromatic heterocycles. The molecule has 0 saturated heterocycles. The summed E-state index contributed by atoms with van der Waals surface area (Å²) in [6.45, 7) is 0. The van der Waals surface area contributed by atoms with Crippen molar-refractivity contribution in [3.05, 3.63) is 255 Å². The molecule has 0 atom stereocenters. The number of pyridine rings is 1. The Labute approximate surface area is 398 Å². The van der Waals surface area contributed by atoms with Crippen LogP contribution in [-0.4, -0.2) is 18.7 Å². The van der Waals surface area contributed by atoms with Crippen LogP contribution < -0.4 is 0 Å². The van der Waals surface area contributed by atoms with Gasteiger partial charge in [0.05, 0.1) is 55.9 Å². The van der Waals surface area contributed by atoms with E-state index in [-0.39, 0.29) is 0 Å². The van der Waals surface area contributed by atoms with Gasteiger partial charge in [0.15, 0.2) is 0 Å². The topological polar surface area (TPSA) is 27.7 Å². The molecule has 322 valence electrons. The first-order valence-electron chi connectivity index (χ1n) is 23.6. The summed E-state index contributed by atoms with van der Waals surface area (Å²) < 4.78 is 7.33. The summed E-state index contributed by atoms with van der Waals surface area (Å²) in [5, 5.41) is 7.33. The van der Waals surface area contributed by atoms with E-state index in [2.05, 4.69) is 268 Å². The molecule has 14 rings (SSSR count). The van der Waals surface area contributed by atoms with Gasteiger partial charge in [-0.05, 0) is 89.5 Å². The average Bonchev–Trinajstić information content (AvgIpc) is 4.06. The van der Waals surface area contributed by atoms with Gasteiger partial charge in [0.2, 0.25) is 0 Å². The summed E-state index contributed by atoms with van der Waals surface area (Å²) in [5.74, 6) is 0. The summed E-state index contributed by atoms with van der Waals surface area (Å²) in [6.07, 6.45) is 0. The zero-order valence-corrected chi connectivity index (χ0v) is 37.5. The second-order valence-electron chi connectivity index (χ2n) is 17.9. The van der Waals surface area contributed by atoms with Gasteiger partial charge in [-0.25, -0.2) is 4.98 Å². The SMILES string of the molecule is c1ccc(-c2cc(-c3ccccc3)nc(-c3c(-c4ccccc4-n4c5ccccc5c5cc(-n6c7ccccc7c7ccccc76)ccc54)cccc3-n3c4ccccc4c4ccccc43)c2)cc1. The molecule has 0 unspecified atom stereocenters. The molecule has 14 aromatic rings. The minimum atomic E-state index is 0.899. The van der Waals surface area contributed by atoms with E-state index in [9.17, 15) is 0 Å². The lowest BCUT2D eigenvalue weighted by atomic mass is 9.92. The molecule has 0 radical (unpaired) electrons. The molecule has 0 fully saturated rings. The number of rotatable bonds is 7. The smallest absolute Gasteiger partial charge is 0.0743 e. The lowest BCUT2D eigenvalue weighted by Gasteiger charge is -2.21. The monoisotopic (exact) mass is 878 g/mol. The van der Waals surface area contributed by atoms with Crippen molar-refractivity contribution in [3.63, 3.8) is 0 Å². The fraction of sp³-hybridized carbons (Fsp3) is 0. The Hall–Kier alpha value is -9.25. The van der Waals surface area contributed by atoms with Crippen LogP contribution in [0.4, 0.5) is 0 Å². The maximum Gasteiger partial charge on any atom is 0.0743 e. The third-order valence-corrected chi connectivity index (χ3v) is 14.1. The Morgan fingerprint density at radius 1 is 0.246 bits per heavy atom. The third-order valence-electron chi connectivity index (χ3n) is 14.1. The van der Waals surface area contributed by atoms with E-state index in [4.69, 9.17) is 4.98 Å². The average molecular weight is 879 g/mol. The van der Waals surface area contributed by atoms with Gasteiger partial charge in [-0.1, -0.05) is 182 Å². The van der Waals surface area contributed by atoms with Gasteiger partial charge < -0.3 is 13.7 Å². The predicted molar refractivity (Wildman–Crippen MR) is 289 cm³/mol. The van der Waals surface area contributed by atoms with Gasteiger partial charge in [-0.2, -0.15) is 0 Å². The number of nitrogens with zero attached hydrogens (tertiary/aromatic N) is 4. The number of hydrogen-bond donors (Lipinski definition) is 0. The molecule has 10 aromatic carbocycles. The molecule has 0 bridgehead atoms. The van der Waals surface area contributed by atoms with Gasteiger partial charge in [0, 0.05) is 54.7 Å². The molecule has 0 aliphatic heterocycles. The van der Waals surface area contributed by atoms with Crippen LogP contribution in [0.2, 0.25) is 0 Å². The largest absolute Gasteiger partial charge is 0.309 e. The van der Waals surface area contributed by atoms with Gasteiger partial charge in [0.1, 0.15) is 0 Å². The summed E-state index contributed by atoms with van der Waals surface area (Å²) >= 11 is 0. The second-order valence-corrected chi connectivity index (χ2v) is 17.9. The van der Waals surface area contributed by atoms with Crippen molar-refractivity contribution in [1.82, 2.24) is 18.7 Å². The number of para-hydroxylation sites is 6. The van der Waals surface area contributed by atoms with Crippen LogP contribution in [0.15, 0.2) is 255 Å². The first-order valence-corrected chi connectivity index (χ1v) is 23.6. The molecular weight excluding hydrogens is 837 g/mol. The van der Waals surface area contributed by atoms with Crippen molar-refractivity contribution in [2.45, 2.75) is 0 Å².